The second-order valence-corrected chi connectivity index (χ2v) is 7.39. The molecular weight excluding hydrogens is 380 g/mol. The van der Waals surface area contributed by atoms with Gasteiger partial charge in [-0.15, -0.1) is 0 Å². The lowest BCUT2D eigenvalue weighted by atomic mass is 10.1. The number of likely N-dealkylation sites (N-methyl/N-ethyl adjacent to an activating group) is 1. The molecule has 4 aromatic rings. The van der Waals surface area contributed by atoms with Gasteiger partial charge in [0.2, 0.25) is 5.91 Å². The highest BCUT2D eigenvalue weighted by Gasteiger charge is 2.23. The minimum Gasteiger partial charge on any atom is -0.408 e. The SMILES string of the molecule is CC(C(=O)N(C)CCCc1cc(-c2ccccc2)n[nH]1)n1c(=O)oc2ccccc21. The van der Waals surface area contributed by atoms with Crippen LogP contribution in [0.4, 0.5) is 0 Å². The Morgan fingerprint density at radius 3 is 2.70 bits per heavy atom. The monoisotopic (exact) mass is 404 g/mol. The molecule has 4 rings (SSSR count). The molecule has 154 valence electrons. The minimum absolute atomic E-state index is 0.127. The third kappa shape index (κ3) is 3.91. The zero-order valence-electron chi connectivity index (χ0n) is 17.0. The van der Waals surface area contributed by atoms with Crippen molar-refractivity contribution in [1.82, 2.24) is 19.7 Å². The summed E-state index contributed by atoms with van der Waals surface area (Å²) < 4.78 is 6.67. The molecule has 1 amide bonds. The summed E-state index contributed by atoms with van der Waals surface area (Å²) in [5.74, 6) is -0.644. The van der Waals surface area contributed by atoms with Crippen molar-refractivity contribution in [2.75, 3.05) is 13.6 Å². The molecule has 0 aliphatic rings. The second-order valence-electron chi connectivity index (χ2n) is 7.39. The van der Waals surface area contributed by atoms with Crippen molar-refractivity contribution in [3.05, 3.63) is 76.9 Å². The number of fused-ring (bicyclic) bond motifs is 1. The molecule has 2 heterocycles. The average molecular weight is 404 g/mol. The third-order valence-corrected chi connectivity index (χ3v) is 5.28. The lowest BCUT2D eigenvalue weighted by molar-refractivity contribution is -0.133. The van der Waals surface area contributed by atoms with Gasteiger partial charge in [-0.25, -0.2) is 4.79 Å². The topological polar surface area (TPSA) is 84.1 Å². The number of para-hydroxylation sites is 2. The van der Waals surface area contributed by atoms with Gasteiger partial charge in [-0.2, -0.15) is 5.10 Å². The maximum atomic E-state index is 12.9. The Morgan fingerprint density at radius 2 is 1.90 bits per heavy atom. The number of H-pyrrole nitrogens is 1. The first-order valence-electron chi connectivity index (χ1n) is 9.99. The van der Waals surface area contributed by atoms with Gasteiger partial charge in [-0.1, -0.05) is 42.5 Å². The van der Waals surface area contributed by atoms with Crippen molar-refractivity contribution in [2.24, 2.45) is 0 Å². The van der Waals surface area contributed by atoms with E-state index in [0.717, 1.165) is 29.8 Å². The second kappa shape index (κ2) is 8.41. The van der Waals surface area contributed by atoms with Crippen LogP contribution in [0.3, 0.4) is 0 Å². The maximum absolute atomic E-state index is 12.9. The molecular formula is C23H24N4O3. The summed E-state index contributed by atoms with van der Waals surface area (Å²) >= 11 is 0. The Balaban J connectivity index is 1.36. The number of oxazole rings is 1. The number of rotatable bonds is 7. The van der Waals surface area contributed by atoms with Gasteiger partial charge in [-0.05, 0) is 38.0 Å². The van der Waals surface area contributed by atoms with Crippen LogP contribution in [0.5, 0.6) is 0 Å². The van der Waals surface area contributed by atoms with Gasteiger partial charge in [0.1, 0.15) is 6.04 Å². The average Bonchev–Trinajstić information content (AvgIpc) is 3.37. The third-order valence-electron chi connectivity index (χ3n) is 5.28. The normalized spacial score (nSPS) is 12.2. The van der Waals surface area contributed by atoms with Gasteiger partial charge in [0.25, 0.3) is 0 Å². The summed E-state index contributed by atoms with van der Waals surface area (Å²) in [5.41, 5.74) is 4.12. The van der Waals surface area contributed by atoms with Crippen molar-refractivity contribution in [2.45, 2.75) is 25.8 Å². The zero-order chi connectivity index (χ0) is 21.1. The molecule has 1 N–H and O–H groups in total. The Kier molecular flexibility index (Phi) is 5.52. The van der Waals surface area contributed by atoms with E-state index >= 15 is 0 Å². The summed E-state index contributed by atoms with van der Waals surface area (Å²) in [6.07, 6.45) is 1.56. The Labute approximate surface area is 173 Å². The fraction of sp³-hybridized carbons (Fsp3) is 0.261. The van der Waals surface area contributed by atoms with Crippen LogP contribution in [-0.4, -0.2) is 39.2 Å². The molecule has 7 heteroatoms. The van der Waals surface area contributed by atoms with Crippen LogP contribution in [0.2, 0.25) is 0 Å². The van der Waals surface area contributed by atoms with Crippen LogP contribution in [0.25, 0.3) is 22.4 Å². The molecule has 1 unspecified atom stereocenters. The quantitative estimate of drug-likeness (QED) is 0.510. The largest absolute Gasteiger partial charge is 0.420 e. The van der Waals surface area contributed by atoms with Crippen molar-refractivity contribution >= 4 is 17.0 Å². The number of nitrogens with one attached hydrogen (secondary N) is 1. The Hall–Kier alpha value is -3.61. The van der Waals surface area contributed by atoms with Gasteiger partial charge in [0, 0.05) is 24.8 Å². The van der Waals surface area contributed by atoms with Crippen molar-refractivity contribution in [3.63, 3.8) is 0 Å². The molecule has 0 saturated heterocycles. The maximum Gasteiger partial charge on any atom is 0.420 e. The number of carbonyl (C=O) groups is 1. The van der Waals surface area contributed by atoms with E-state index in [9.17, 15) is 9.59 Å². The molecule has 0 bridgehead atoms. The van der Waals surface area contributed by atoms with Gasteiger partial charge in [0.15, 0.2) is 5.58 Å². The number of nitrogens with zero attached hydrogens (tertiary/aromatic N) is 3. The first-order chi connectivity index (χ1) is 14.5. The Bertz CT molecular complexity index is 1210. The molecule has 2 aromatic heterocycles. The van der Waals surface area contributed by atoms with Crippen molar-refractivity contribution in [1.29, 1.82) is 0 Å². The number of aryl methyl sites for hydroxylation is 1. The first kappa shape index (κ1) is 19.7. The molecule has 0 aliphatic carbocycles. The lowest BCUT2D eigenvalue weighted by Crippen LogP contribution is -2.36. The van der Waals surface area contributed by atoms with Crippen LogP contribution < -0.4 is 5.76 Å². The summed E-state index contributed by atoms with van der Waals surface area (Å²) in [4.78, 5) is 26.8. The van der Waals surface area contributed by atoms with E-state index in [4.69, 9.17) is 4.42 Å². The highest BCUT2D eigenvalue weighted by atomic mass is 16.4. The smallest absolute Gasteiger partial charge is 0.408 e. The van der Waals surface area contributed by atoms with E-state index in [-0.39, 0.29) is 5.91 Å². The number of benzene rings is 2. The molecule has 0 aliphatic heterocycles. The number of carbonyl (C=O) groups excluding carboxylic acids is 1. The van der Waals surface area contributed by atoms with E-state index < -0.39 is 11.8 Å². The van der Waals surface area contributed by atoms with Gasteiger partial charge < -0.3 is 9.32 Å². The minimum atomic E-state index is -0.636. The van der Waals surface area contributed by atoms with Crippen molar-refractivity contribution in [3.8, 4) is 11.3 Å². The highest BCUT2D eigenvalue weighted by Crippen LogP contribution is 2.19. The fourth-order valence-corrected chi connectivity index (χ4v) is 3.64. The van der Waals surface area contributed by atoms with Gasteiger partial charge in [0.05, 0.1) is 11.2 Å². The number of amides is 1. The molecule has 30 heavy (non-hydrogen) atoms. The van der Waals surface area contributed by atoms with Crippen LogP contribution in [0.15, 0.2) is 69.9 Å². The van der Waals surface area contributed by atoms with E-state index in [1.165, 1.54) is 4.57 Å². The zero-order valence-corrected chi connectivity index (χ0v) is 17.0. The van der Waals surface area contributed by atoms with Crippen LogP contribution in [-0.2, 0) is 11.2 Å². The predicted octanol–water partition coefficient (Wildman–Crippen LogP) is 3.64. The van der Waals surface area contributed by atoms with Gasteiger partial charge >= 0.3 is 5.76 Å². The predicted molar refractivity (Wildman–Crippen MR) is 115 cm³/mol. The molecule has 7 nitrogen and oxygen atoms in total. The number of aromatic amines is 1. The summed E-state index contributed by atoms with van der Waals surface area (Å²) in [6, 6.07) is 18.5. The highest BCUT2D eigenvalue weighted by molar-refractivity contribution is 5.82. The molecule has 0 saturated carbocycles. The van der Waals surface area contributed by atoms with E-state index in [1.54, 1.807) is 37.1 Å². The van der Waals surface area contributed by atoms with E-state index in [1.807, 2.05) is 42.5 Å². The number of hydrogen-bond donors (Lipinski definition) is 1. The summed E-state index contributed by atoms with van der Waals surface area (Å²) in [6.45, 7) is 2.30. The van der Waals surface area contributed by atoms with Gasteiger partial charge in [-0.3, -0.25) is 14.5 Å². The molecule has 2 aromatic carbocycles. The Morgan fingerprint density at radius 1 is 1.17 bits per heavy atom. The summed E-state index contributed by atoms with van der Waals surface area (Å²) in [7, 11) is 1.76. The molecule has 0 fully saturated rings. The van der Waals surface area contributed by atoms with Crippen LogP contribution in [0.1, 0.15) is 25.1 Å². The van der Waals surface area contributed by atoms with E-state index in [0.29, 0.717) is 17.6 Å². The molecule has 0 radical (unpaired) electrons. The number of aromatic nitrogens is 3. The van der Waals surface area contributed by atoms with E-state index in [2.05, 4.69) is 10.2 Å². The number of hydrogen-bond acceptors (Lipinski definition) is 4. The first-order valence-corrected chi connectivity index (χ1v) is 9.99. The fourth-order valence-electron chi connectivity index (χ4n) is 3.64. The standard InChI is InChI=1S/C23H24N4O3/c1-16(27-20-12-6-7-13-21(20)30-23(27)29)22(28)26(2)14-8-11-18-15-19(25-24-18)17-9-4-3-5-10-17/h3-7,9-10,12-13,15-16H,8,11,14H2,1-2H3,(H,24,25). The summed E-state index contributed by atoms with van der Waals surface area (Å²) in [5, 5.41) is 7.43. The van der Waals surface area contributed by atoms with Crippen LogP contribution in [0, 0.1) is 0 Å². The lowest BCUT2D eigenvalue weighted by Gasteiger charge is -2.21. The van der Waals surface area contributed by atoms with Crippen molar-refractivity contribution < 1.29 is 9.21 Å². The van der Waals surface area contributed by atoms with Crippen LogP contribution >= 0.6 is 0 Å². The molecule has 1 atom stereocenters. The molecule has 0 spiro atoms.